The van der Waals surface area contributed by atoms with Gasteiger partial charge in [-0.1, -0.05) is 59.2 Å². The Balaban J connectivity index is 1.49. The van der Waals surface area contributed by atoms with Gasteiger partial charge in [-0.05, 0) is 24.3 Å². The minimum atomic E-state index is 0.447. The Morgan fingerprint density at radius 3 is 2.41 bits per heavy atom. The smallest absolute Gasteiger partial charge is 0.232 e. The molecule has 1 saturated heterocycles. The van der Waals surface area contributed by atoms with Crippen LogP contribution in [-0.2, 0) is 4.74 Å². The number of para-hydroxylation sites is 2. The molecule has 0 aliphatic carbocycles. The number of morpholine rings is 1. The zero-order chi connectivity index (χ0) is 20.1. The van der Waals surface area contributed by atoms with Gasteiger partial charge in [0.2, 0.25) is 5.95 Å². The predicted octanol–water partition coefficient (Wildman–Crippen LogP) is 4.58. The van der Waals surface area contributed by atoms with Gasteiger partial charge in [-0.3, -0.25) is 4.57 Å². The number of rotatable bonds is 7. The summed E-state index contributed by atoms with van der Waals surface area (Å²) in [5, 5.41) is 10.7. The largest absolute Gasteiger partial charge is 0.490 e. The minimum Gasteiger partial charge on any atom is -0.490 e. The molecule has 0 unspecified atom stereocenters. The highest BCUT2D eigenvalue weighted by Crippen LogP contribution is 2.33. The molecule has 2 heterocycles. The maximum atomic E-state index is 6.16. The monoisotopic (exact) mass is 450 g/mol. The molecule has 0 atom stereocenters. The summed E-state index contributed by atoms with van der Waals surface area (Å²) < 4.78 is 13.3. The Morgan fingerprint density at radius 2 is 1.69 bits per heavy atom. The molecule has 1 aromatic heterocycles. The Bertz CT molecular complexity index is 929. The second kappa shape index (κ2) is 9.71. The van der Waals surface area contributed by atoms with Crippen LogP contribution in [0.25, 0.3) is 5.69 Å². The minimum absolute atomic E-state index is 0.447. The molecule has 6 nitrogen and oxygen atoms in total. The van der Waals surface area contributed by atoms with E-state index in [0.717, 1.165) is 29.9 Å². The predicted molar refractivity (Wildman–Crippen MR) is 117 cm³/mol. The molecule has 3 aromatic rings. The molecular formula is C20H20Cl2N4O2S. The number of anilines is 1. The van der Waals surface area contributed by atoms with Crippen LogP contribution < -0.4 is 9.64 Å². The number of benzene rings is 2. The Kier molecular flexibility index (Phi) is 6.82. The summed E-state index contributed by atoms with van der Waals surface area (Å²) >= 11 is 13.9. The van der Waals surface area contributed by atoms with Crippen molar-refractivity contribution >= 4 is 40.9 Å². The number of hydrogen-bond donors (Lipinski definition) is 0. The first-order valence-corrected chi connectivity index (χ1v) is 11.0. The number of thioether (sulfide) groups is 1. The topological polar surface area (TPSA) is 52.4 Å². The van der Waals surface area contributed by atoms with E-state index in [9.17, 15) is 0 Å². The van der Waals surface area contributed by atoms with Crippen LogP contribution in [0.4, 0.5) is 5.95 Å². The van der Waals surface area contributed by atoms with Crippen molar-refractivity contribution in [3.63, 3.8) is 0 Å². The van der Waals surface area contributed by atoms with Gasteiger partial charge in [-0.2, -0.15) is 0 Å². The fourth-order valence-electron chi connectivity index (χ4n) is 3.02. The van der Waals surface area contributed by atoms with Crippen molar-refractivity contribution in [3.8, 4) is 11.4 Å². The Labute approximate surface area is 183 Å². The highest BCUT2D eigenvalue weighted by molar-refractivity contribution is 7.99. The number of halogens is 2. The average Bonchev–Trinajstić information content (AvgIpc) is 3.18. The molecule has 0 spiro atoms. The van der Waals surface area contributed by atoms with Crippen LogP contribution in [0.3, 0.4) is 0 Å². The second-order valence-electron chi connectivity index (χ2n) is 6.30. The standard InChI is InChI=1S/C20H20Cl2N4O2S/c21-16-7-4-8-17(22)18(16)28-13-14-29-20-24-23-19(25-9-11-27-12-10-25)26(20)15-5-2-1-3-6-15/h1-8H,9-14H2. The molecule has 0 saturated carbocycles. The summed E-state index contributed by atoms with van der Waals surface area (Å²) in [5.74, 6) is 2.02. The summed E-state index contributed by atoms with van der Waals surface area (Å²) in [6.07, 6.45) is 0. The Morgan fingerprint density at radius 1 is 0.966 bits per heavy atom. The van der Waals surface area contributed by atoms with E-state index >= 15 is 0 Å². The van der Waals surface area contributed by atoms with Gasteiger partial charge >= 0.3 is 0 Å². The summed E-state index contributed by atoms with van der Waals surface area (Å²) in [7, 11) is 0. The van der Waals surface area contributed by atoms with Gasteiger partial charge in [0.05, 0.1) is 35.6 Å². The van der Waals surface area contributed by atoms with Gasteiger partial charge < -0.3 is 14.4 Å². The van der Waals surface area contributed by atoms with Crippen molar-refractivity contribution in [2.75, 3.05) is 43.6 Å². The molecule has 0 N–H and O–H groups in total. The van der Waals surface area contributed by atoms with Crippen LogP contribution in [0.2, 0.25) is 10.0 Å². The lowest BCUT2D eigenvalue weighted by molar-refractivity contribution is 0.122. The molecular weight excluding hydrogens is 431 g/mol. The van der Waals surface area contributed by atoms with Crippen molar-refractivity contribution < 1.29 is 9.47 Å². The second-order valence-corrected chi connectivity index (χ2v) is 8.18. The molecule has 0 amide bonds. The lowest BCUT2D eigenvalue weighted by Crippen LogP contribution is -2.37. The molecule has 29 heavy (non-hydrogen) atoms. The Hall–Kier alpha value is -1.93. The molecule has 9 heteroatoms. The van der Waals surface area contributed by atoms with E-state index < -0.39 is 0 Å². The summed E-state index contributed by atoms with van der Waals surface area (Å²) in [5.41, 5.74) is 1.02. The maximum Gasteiger partial charge on any atom is 0.232 e. The summed E-state index contributed by atoms with van der Waals surface area (Å²) in [6, 6.07) is 15.4. The van der Waals surface area contributed by atoms with E-state index in [0.29, 0.717) is 41.4 Å². The van der Waals surface area contributed by atoms with Gasteiger partial charge in [-0.25, -0.2) is 0 Å². The fourth-order valence-corrected chi connectivity index (χ4v) is 4.29. The van der Waals surface area contributed by atoms with Gasteiger partial charge in [0.25, 0.3) is 0 Å². The van der Waals surface area contributed by atoms with E-state index in [1.54, 1.807) is 30.0 Å². The average molecular weight is 451 g/mol. The zero-order valence-electron chi connectivity index (χ0n) is 15.6. The van der Waals surface area contributed by atoms with E-state index in [1.807, 2.05) is 18.2 Å². The van der Waals surface area contributed by atoms with Gasteiger partial charge in [0, 0.05) is 18.8 Å². The highest BCUT2D eigenvalue weighted by atomic mass is 35.5. The van der Waals surface area contributed by atoms with E-state index in [1.165, 1.54) is 0 Å². The quantitative estimate of drug-likeness (QED) is 0.387. The van der Waals surface area contributed by atoms with Crippen molar-refractivity contribution in [2.24, 2.45) is 0 Å². The fraction of sp³-hybridized carbons (Fsp3) is 0.300. The molecule has 152 valence electrons. The summed E-state index contributed by atoms with van der Waals surface area (Å²) in [6.45, 7) is 3.42. The van der Waals surface area contributed by atoms with Crippen molar-refractivity contribution in [2.45, 2.75) is 5.16 Å². The number of hydrogen-bond acceptors (Lipinski definition) is 6. The molecule has 0 radical (unpaired) electrons. The number of ether oxygens (including phenoxy) is 2. The third-order valence-electron chi connectivity index (χ3n) is 4.40. The number of nitrogens with zero attached hydrogens (tertiary/aromatic N) is 4. The van der Waals surface area contributed by atoms with E-state index in [4.69, 9.17) is 32.7 Å². The summed E-state index contributed by atoms with van der Waals surface area (Å²) in [4.78, 5) is 2.20. The molecule has 1 aliphatic rings. The molecule has 2 aromatic carbocycles. The van der Waals surface area contributed by atoms with Crippen LogP contribution >= 0.6 is 35.0 Å². The van der Waals surface area contributed by atoms with Gasteiger partial charge in [-0.15, -0.1) is 10.2 Å². The van der Waals surface area contributed by atoms with Crippen LogP contribution in [0, 0.1) is 0 Å². The van der Waals surface area contributed by atoms with Crippen LogP contribution in [-0.4, -0.2) is 53.4 Å². The number of aromatic nitrogens is 3. The van der Waals surface area contributed by atoms with Crippen LogP contribution in [0.1, 0.15) is 0 Å². The normalized spacial score (nSPS) is 14.2. The third-order valence-corrected chi connectivity index (χ3v) is 5.89. The molecule has 4 rings (SSSR count). The van der Waals surface area contributed by atoms with Crippen molar-refractivity contribution in [3.05, 3.63) is 58.6 Å². The third kappa shape index (κ3) is 4.80. The molecule has 1 aliphatic heterocycles. The van der Waals surface area contributed by atoms with E-state index in [-0.39, 0.29) is 0 Å². The van der Waals surface area contributed by atoms with Crippen molar-refractivity contribution in [1.29, 1.82) is 0 Å². The SMILES string of the molecule is Clc1cccc(Cl)c1OCCSc1nnc(N2CCOCC2)n1-c1ccccc1. The lowest BCUT2D eigenvalue weighted by atomic mass is 10.3. The first kappa shape index (κ1) is 20.3. The van der Waals surface area contributed by atoms with Crippen molar-refractivity contribution in [1.82, 2.24) is 14.8 Å². The first-order chi connectivity index (χ1) is 14.2. The van der Waals surface area contributed by atoms with E-state index in [2.05, 4.69) is 31.8 Å². The zero-order valence-corrected chi connectivity index (χ0v) is 18.0. The molecule has 0 bridgehead atoms. The van der Waals surface area contributed by atoms with Crippen LogP contribution in [0.5, 0.6) is 5.75 Å². The molecule has 1 fully saturated rings. The van der Waals surface area contributed by atoms with Gasteiger partial charge in [0.15, 0.2) is 10.9 Å². The lowest BCUT2D eigenvalue weighted by Gasteiger charge is -2.27. The van der Waals surface area contributed by atoms with Gasteiger partial charge in [0.1, 0.15) is 0 Å². The highest BCUT2D eigenvalue weighted by Gasteiger charge is 2.21. The maximum absolute atomic E-state index is 6.16. The van der Waals surface area contributed by atoms with Crippen LogP contribution in [0.15, 0.2) is 53.7 Å². The first-order valence-electron chi connectivity index (χ1n) is 9.27.